The topological polar surface area (TPSA) is 48.0 Å². The van der Waals surface area contributed by atoms with Gasteiger partial charge in [-0.15, -0.1) is 10.2 Å². The Labute approximate surface area is 136 Å². The van der Waals surface area contributed by atoms with Crippen LogP contribution in [-0.4, -0.2) is 25.7 Å². The summed E-state index contributed by atoms with van der Waals surface area (Å²) >= 11 is 0. The van der Waals surface area contributed by atoms with E-state index in [4.69, 9.17) is 0 Å². The maximum absolute atomic E-state index is 4.36. The van der Waals surface area contributed by atoms with Crippen molar-refractivity contribution in [3.05, 3.63) is 65.0 Å². The first-order valence-corrected chi connectivity index (χ1v) is 7.78. The zero-order valence-electron chi connectivity index (χ0n) is 14.0. The molecule has 0 aliphatic rings. The summed E-state index contributed by atoms with van der Waals surface area (Å²) in [7, 11) is 0. The van der Waals surface area contributed by atoms with E-state index < -0.39 is 0 Å². The standard InChI is InChI=1S/C18H21N5/c1-5-16-8-6-7-13(2)18(16)23-14(3)9-17(15(23)4)10-21-22-11-19-20-12-22/h6-12H,5H2,1-4H3/b21-10-. The average molecular weight is 307 g/mol. The first-order chi connectivity index (χ1) is 11.1. The quantitative estimate of drug-likeness (QED) is 0.693. The maximum atomic E-state index is 4.36. The Balaban J connectivity index is 2.09. The SMILES string of the molecule is CCc1cccc(C)c1-n1c(C)cc(/C=N\n2cnnc2)c1C. The number of hydrogen-bond acceptors (Lipinski definition) is 3. The van der Waals surface area contributed by atoms with Crippen molar-refractivity contribution >= 4 is 6.21 Å². The highest BCUT2D eigenvalue weighted by atomic mass is 15.4. The van der Waals surface area contributed by atoms with Crippen LogP contribution in [0.25, 0.3) is 5.69 Å². The second-order valence-electron chi connectivity index (χ2n) is 5.68. The number of nitrogens with zero attached hydrogens (tertiary/aromatic N) is 5. The summed E-state index contributed by atoms with van der Waals surface area (Å²) in [6.07, 6.45) is 6.02. The Kier molecular flexibility index (Phi) is 4.10. The van der Waals surface area contributed by atoms with Crippen molar-refractivity contribution in [3.8, 4) is 5.69 Å². The highest BCUT2D eigenvalue weighted by molar-refractivity contribution is 5.82. The van der Waals surface area contributed by atoms with Crippen molar-refractivity contribution in [2.24, 2.45) is 5.10 Å². The van der Waals surface area contributed by atoms with Gasteiger partial charge >= 0.3 is 0 Å². The van der Waals surface area contributed by atoms with Gasteiger partial charge in [-0.3, -0.25) is 0 Å². The van der Waals surface area contributed by atoms with Gasteiger partial charge in [-0.25, -0.2) is 4.68 Å². The Morgan fingerprint density at radius 3 is 2.57 bits per heavy atom. The van der Waals surface area contributed by atoms with Crippen molar-refractivity contribution in [2.45, 2.75) is 34.1 Å². The van der Waals surface area contributed by atoms with Gasteiger partial charge in [0.25, 0.3) is 0 Å². The smallest absolute Gasteiger partial charge is 0.141 e. The van der Waals surface area contributed by atoms with Crippen LogP contribution in [0.5, 0.6) is 0 Å². The van der Waals surface area contributed by atoms with Gasteiger partial charge in [0, 0.05) is 17.0 Å². The van der Waals surface area contributed by atoms with Crippen LogP contribution in [0, 0.1) is 20.8 Å². The lowest BCUT2D eigenvalue weighted by molar-refractivity contribution is 0.877. The summed E-state index contributed by atoms with van der Waals surface area (Å²) in [6.45, 7) is 8.63. The van der Waals surface area contributed by atoms with Crippen LogP contribution in [0.3, 0.4) is 0 Å². The zero-order valence-corrected chi connectivity index (χ0v) is 14.0. The first-order valence-electron chi connectivity index (χ1n) is 7.78. The molecule has 0 amide bonds. The van der Waals surface area contributed by atoms with E-state index in [2.05, 4.69) is 71.8 Å². The molecular weight excluding hydrogens is 286 g/mol. The summed E-state index contributed by atoms with van der Waals surface area (Å²) in [5.41, 5.74) is 7.41. The molecule has 0 aliphatic heterocycles. The highest BCUT2D eigenvalue weighted by Crippen LogP contribution is 2.26. The minimum absolute atomic E-state index is 1.01. The van der Waals surface area contributed by atoms with Crippen LogP contribution in [0.4, 0.5) is 0 Å². The van der Waals surface area contributed by atoms with Crippen LogP contribution >= 0.6 is 0 Å². The zero-order chi connectivity index (χ0) is 16.4. The van der Waals surface area contributed by atoms with Gasteiger partial charge in [0.1, 0.15) is 12.7 Å². The normalized spacial score (nSPS) is 11.5. The fraction of sp³-hybridized carbons (Fsp3) is 0.278. The molecule has 0 saturated carbocycles. The van der Waals surface area contributed by atoms with Gasteiger partial charge in [-0.2, -0.15) is 5.10 Å². The highest BCUT2D eigenvalue weighted by Gasteiger charge is 2.14. The van der Waals surface area contributed by atoms with Crippen molar-refractivity contribution in [2.75, 3.05) is 0 Å². The number of aryl methyl sites for hydroxylation is 3. The molecular formula is C18H21N5. The van der Waals surface area contributed by atoms with Crippen molar-refractivity contribution in [1.29, 1.82) is 0 Å². The fourth-order valence-electron chi connectivity index (χ4n) is 2.97. The third-order valence-corrected chi connectivity index (χ3v) is 4.13. The monoisotopic (exact) mass is 307 g/mol. The summed E-state index contributed by atoms with van der Waals surface area (Å²) in [6, 6.07) is 8.65. The third-order valence-electron chi connectivity index (χ3n) is 4.13. The summed E-state index contributed by atoms with van der Waals surface area (Å²) < 4.78 is 3.92. The molecule has 0 radical (unpaired) electrons. The van der Waals surface area contributed by atoms with Crippen LogP contribution < -0.4 is 0 Å². The largest absolute Gasteiger partial charge is 0.317 e. The van der Waals surface area contributed by atoms with E-state index in [1.807, 2.05) is 6.21 Å². The van der Waals surface area contributed by atoms with Gasteiger partial charge in [0.2, 0.25) is 0 Å². The molecule has 0 N–H and O–H groups in total. The number of para-hydroxylation sites is 1. The molecule has 0 bridgehead atoms. The minimum Gasteiger partial charge on any atom is -0.317 e. The molecule has 0 unspecified atom stereocenters. The molecule has 0 saturated heterocycles. The summed E-state index contributed by atoms with van der Waals surface area (Å²) in [5.74, 6) is 0. The van der Waals surface area contributed by atoms with E-state index in [0.29, 0.717) is 0 Å². The first kappa shape index (κ1) is 15.2. The van der Waals surface area contributed by atoms with Gasteiger partial charge in [-0.05, 0) is 44.4 Å². The van der Waals surface area contributed by atoms with Gasteiger partial charge in [0.05, 0.1) is 11.9 Å². The van der Waals surface area contributed by atoms with E-state index in [1.54, 1.807) is 17.3 Å². The second kappa shape index (κ2) is 6.20. The lowest BCUT2D eigenvalue weighted by Gasteiger charge is -2.17. The molecule has 5 heteroatoms. The van der Waals surface area contributed by atoms with Gasteiger partial charge < -0.3 is 4.57 Å². The Morgan fingerprint density at radius 1 is 1.13 bits per heavy atom. The number of benzene rings is 1. The summed E-state index contributed by atoms with van der Waals surface area (Å²) in [5, 5.41) is 11.9. The number of aromatic nitrogens is 4. The molecule has 1 aromatic carbocycles. The maximum Gasteiger partial charge on any atom is 0.141 e. The van der Waals surface area contributed by atoms with Crippen molar-refractivity contribution in [3.63, 3.8) is 0 Å². The lowest BCUT2D eigenvalue weighted by Crippen LogP contribution is -2.05. The predicted molar refractivity (Wildman–Crippen MR) is 92.4 cm³/mol. The van der Waals surface area contributed by atoms with E-state index >= 15 is 0 Å². The second-order valence-corrected chi connectivity index (χ2v) is 5.68. The molecule has 0 atom stereocenters. The lowest BCUT2D eigenvalue weighted by atomic mass is 10.1. The molecule has 3 aromatic rings. The van der Waals surface area contributed by atoms with Gasteiger partial charge in [0.15, 0.2) is 0 Å². The minimum atomic E-state index is 1.01. The van der Waals surface area contributed by atoms with Crippen molar-refractivity contribution in [1.82, 2.24) is 19.4 Å². The molecule has 2 heterocycles. The molecule has 0 spiro atoms. The van der Waals surface area contributed by atoms with Crippen LogP contribution in [0.15, 0.2) is 42.0 Å². The van der Waals surface area contributed by atoms with Crippen LogP contribution in [-0.2, 0) is 6.42 Å². The van der Waals surface area contributed by atoms with Crippen molar-refractivity contribution < 1.29 is 0 Å². The molecule has 0 fully saturated rings. The van der Waals surface area contributed by atoms with E-state index in [1.165, 1.54) is 28.2 Å². The van der Waals surface area contributed by atoms with E-state index in [9.17, 15) is 0 Å². The Hall–Kier alpha value is -2.69. The molecule has 2 aromatic heterocycles. The number of hydrogen-bond donors (Lipinski definition) is 0. The van der Waals surface area contributed by atoms with Gasteiger partial charge in [-0.1, -0.05) is 25.1 Å². The van der Waals surface area contributed by atoms with Crippen LogP contribution in [0.1, 0.15) is 35.0 Å². The summed E-state index contributed by atoms with van der Waals surface area (Å²) in [4.78, 5) is 0. The number of rotatable bonds is 4. The third kappa shape index (κ3) is 2.82. The predicted octanol–water partition coefficient (Wildman–Crippen LogP) is 3.44. The molecule has 0 aliphatic carbocycles. The van der Waals surface area contributed by atoms with Crippen LogP contribution in [0.2, 0.25) is 0 Å². The molecule has 23 heavy (non-hydrogen) atoms. The Bertz CT molecular complexity index is 841. The van der Waals surface area contributed by atoms with E-state index in [0.717, 1.165) is 12.0 Å². The average Bonchev–Trinajstić information content (AvgIpc) is 3.14. The fourth-order valence-corrected chi connectivity index (χ4v) is 2.97. The molecule has 5 nitrogen and oxygen atoms in total. The van der Waals surface area contributed by atoms with E-state index in [-0.39, 0.29) is 0 Å². The molecule has 118 valence electrons. The molecule has 3 rings (SSSR count). The Morgan fingerprint density at radius 2 is 1.87 bits per heavy atom.